The van der Waals surface area contributed by atoms with Crippen molar-refractivity contribution in [3.05, 3.63) is 59.9 Å². The van der Waals surface area contributed by atoms with Gasteiger partial charge in [-0.2, -0.15) is 0 Å². The monoisotopic (exact) mass is 294 g/mol. The number of anilines is 1. The maximum atomic E-state index is 13.0. The second-order valence-electron chi connectivity index (χ2n) is 4.44. The molecule has 4 nitrogen and oxygen atoms in total. The van der Waals surface area contributed by atoms with Crippen LogP contribution >= 0.6 is 0 Å². The summed E-state index contributed by atoms with van der Waals surface area (Å²) in [5.74, 6) is -0.572. The van der Waals surface area contributed by atoms with Gasteiger partial charge in [-0.3, -0.25) is 0 Å². The summed E-state index contributed by atoms with van der Waals surface area (Å²) in [6.07, 6.45) is 0. The second kappa shape index (κ2) is 5.60. The molecule has 0 radical (unpaired) electrons. The van der Waals surface area contributed by atoms with Gasteiger partial charge in [0.15, 0.2) is 0 Å². The standard InChI is InChI=1S/C14H15FN2O2S/c1-10(11-5-3-2-4-6-11)17-20(18,19)14-8-7-12(15)9-13(14)16/h2-10,17H,16H2,1H3. The molecule has 20 heavy (non-hydrogen) atoms. The lowest BCUT2D eigenvalue weighted by atomic mass is 10.1. The normalized spacial score (nSPS) is 13.1. The lowest BCUT2D eigenvalue weighted by molar-refractivity contribution is 0.567. The molecule has 0 heterocycles. The number of sulfonamides is 1. The Morgan fingerprint density at radius 1 is 1.15 bits per heavy atom. The van der Waals surface area contributed by atoms with Gasteiger partial charge in [0.2, 0.25) is 10.0 Å². The van der Waals surface area contributed by atoms with Crippen molar-refractivity contribution < 1.29 is 12.8 Å². The number of nitrogen functional groups attached to an aromatic ring is 1. The molecule has 1 atom stereocenters. The predicted octanol–water partition coefficient (Wildman–Crippen LogP) is 2.45. The quantitative estimate of drug-likeness (QED) is 0.851. The van der Waals surface area contributed by atoms with Crippen LogP contribution in [-0.4, -0.2) is 8.42 Å². The molecule has 0 fully saturated rings. The van der Waals surface area contributed by atoms with Crippen molar-refractivity contribution in [1.82, 2.24) is 4.72 Å². The molecule has 0 aliphatic rings. The van der Waals surface area contributed by atoms with Gasteiger partial charge in [0.1, 0.15) is 10.7 Å². The second-order valence-corrected chi connectivity index (χ2v) is 6.12. The van der Waals surface area contributed by atoms with Crippen LogP contribution in [0.3, 0.4) is 0 Å². The smallest absolute Gasteiger partial charge is 0.243 e. The summed E-state index contributed by atoms with van der Waals surface area (Å²) >= 11 is 0. The Bertz CT molecular complexity index is 702. The minimum atomic E-state index is -3.80. The zero-order valence-electron chi connectivity index (χ0n) is 10.9. The van der Waals surface area contributed by atoms with Gasteiger partial charge in [0.05, 0.1) is 5.69 Å². The van der Waals surface area contributed by atoms with Crippen LogP contribution in [0.5, 0.6) is 0 Å². The molecule has 0 aliphatic heterocycles. The third kappa shape index (κ3) is 3.15. The summed E-state index contributed by atoms with van der Waals surface area (Å²) in [6.45, 7) is 1.73. The molecule has 2 aromatic carbocycles. The van der Waals surface area contributed by atoms with Crippen molar-refractivity contribution >= 4 is 15.7 Å². The molecule has 3 N–H and O–H groups in total. The highest BCUT2D eigenvalue weighted by Crippen LogP contribution is 2.22. The number of nitrogens with one attached hydrogen (secondary N) is 1. The molecule has 2 rings (SSSR count). The first-order chi connectivity index (χ1) is 9.40. The van der Waals surface area contributed by atoms with E-state index in [-0.39, 0.29) is 10.6 Å². The molecule has 0 aliphatic carbocycles. The van der Waals surface area contributed by atoms with Crippen molar-refractivity contribution in [3.63, 3.8) is 0 Å². The highest BCUT2D eigenvalue weighted by atomic mass is 32.2. The van der Waals surface area contributed by atoms with Crippen molar-refractivity contribution in [3.8, 4) is 0 Å². The fourth-order valence-electron chi connectivity index (χ4n) is 1.87. The molecule has 6 heteroatoms. The lowest BCUT2D eigenvalue weighted by Gasteiger charge is -2.15. The molecule has 0 spiro atoms. The van der Waals surface area contributed by atoms with E-state index >= 15 is 0 Å². The number of benzene rings is 2. The van der Waals surface area contributed by atoms with E-state index < -0.39 is 21.9 Å². The number of nitrogens with two attached hydrogens (primary N) is 1. The average molecular weight is 294 g/mol. The van der Waals surface area contributed by atoms with Gasteiger partial charge in [-0.25, -0.2) is 17.5 Å². The number of rotatable bonds is 4. The van der Waals surface area contributed by atoms with Gasteiger partial charge in [0.25, 0.3) is 0 Å². The third-order valence-electron chi connectivity index (χ3n) is 2.89. The topological polar surface area (TPSA) is 72.2 Å². The van der Waals surface area contributed by atoms with Crippen molar-refractivity contribution in [2.45, 2.75) is 17.9 Å². The zero-order valence-corrected chi connectivity index (χ0v) is 11.7. The Morgan fingerprint density at radius 3 is 2.40 bits per heavy atom. The molecular formula is C14H15FN2O2S. The van der Waals surface area contributed by atoms with Crippen molar-refractivity contribution in [2.24, 2.45) is 0 Å². The largest absolute Gasteiger partial charge is 0.398 e. The number of hydrogen-bond donors (Lipinski definition) is 2. The van der Waals surface area contributed by atoms with Crippen LogP contribution in [0.4, 0.5) is 10.1 Å². The number of hydrogen-bond acceptors (Lipinski definition) is 3. The minimum Gasteiger partial charge on any atom is -0.398 e. The molecule has 0 saturated heterocycles. The van der Waals surface area contributed by atoms with E-state index in [1.54, 1.807) is 6.92 Å². The third-order valence-corrected chi connectivity index (χ3v) is 4.51. The van der Waals surface area contributed by atoms with Crippen LogP contribution < -0.4 is 10.5 Å². The molecule has 1 unspecified atom stereocenters. The first-order valence-corrected chi connectivity index (χ1v) is 7.51. The highest BCUT2D eigenvalue weighted by Gasteiger charge is 2.20. The first kappa shape index (κ1) is 14.5. The van der Waals surface area contributed by atoms with E-state index in [9.17, 15) is 12.8 Å². The molecule has 2 aromatic rings. The van der Waals surface area contributed by atoms with Gasteiger partial charge in [-0.05, 0) is 30.7 Å². The van der Waals surface area contributed by atoms with Gasteiger partial charge in [-0.15, -0.1) is 0 Å². The summed E-state index contributed by atoms with van der Waals surface area (Å²) < 4.78 is 40.0. The van der Waals surface area contributed by atoms with Gasteiger partial charge in [-0.1, -0.05) is 30.3 Å². The summed E-state index contributed by atoms with van der Waals surface area (Å²) in [4.78, 5) is -0.123. The van der Waals surface area contributed by atoms with E-state index in [1.165, 1.54) is 0 Å². The SMILES string of the molecule is CC(NS(=O)(=O)c1ccc(F)cc1N)c1ccccc1. The summed E-state index contributed by atoms with van der Waals surface area (Å²) in [5.41, 5.74) is 6.28. The molecule has 0 amide bonds. The van der Waals surface area contributed by atoms with E-state index in [1.807, 2.05) is 30.3 Å². The Kier molecular flexibility index (Phi) is 4.06. The maximum Gasteiger partial charge on any atom is 0.243 e. The predicted molar refractivity (Wildman–Crippen MR) is 76.0 cm³/mol. The molecule has 0 bridgehead atoms. The van der Waals surface area contributed by atoms with E-state index in [4.69, 9.17) is 5.73 Å². The van der Waals surface area contributed by atoms with Gasteiger partial charge >= 0.3 is 0 Å². The first-order valence-electron chi connectivity index (χ1n) is 6.02. The Morgan fingerprint density at radius 2 is 1.80 bits per heavy atom. The number of halogens is 1. The Labute approximate surface area is 117 Å². The van der Waals surface area contributed by atoms with Crippen molar-refractivity contribution in [1.29, 1.82) is 0 Å². The average Bonchev–Trinajstić information content (AvgIpc) is 2.38. The highest BCUT2D eigenvalue weighted by molar-refractivity contribution is 7.89. The fourth-order valence-corrected chi connectivity index (χ4v) is 3.21. The summed E-state index contributed by atoms with van der Waals surface area (Å²) in [6, 6.07) is 11.9. The van der Waals surface area contributed by atoms with Gasteiger partial charge < -0.3 is 5.73 Å². The van der Waals surface area contributed by atoms with Gasteiger partial charge in [0, 0.05) is 6.04 Å². The summed E-state index contributed by atoms with van der Waals surface area (Å²) in [5, 5.41) is 0. The molecule has 106 valence electrons. The van der Waals surface area contributed by atoms with E-state index in [0.29, 0.717) is 0 Å². The fraction of sp³-hybridized carbons (Fsp3) is 0.143. The van der Waals surface area contributed by atoms with E-state index in [0.717, 1.165) is 23.8 Å². The maximum absolute atomic E-state index is 13.0. The van der Waals surface area contributed by atoms with Crippen LogP contribution in [0.15, 0.2) is 53.4 Å². The molecule has 0 aromatic heterocycles. The molecular weight excluding hydrogens is 279 g/mol. The van der Waals surface area contributed by atoms with Crippen LogP contribution in [-0.2, 0) is 10.0 Å². The van der Waals surface area contributed by atoms with Crippen LogP contribution in [0.25, 0.3) is 0 Å². The van der Waals surface area contributed by atoms with Crippen LogP contribution in [0, 0.1) is 5.82 Å². The Balaban J connectivity index is 2.28. The Hall–Kier alpha value is -1.92. The van der Waals surface area contributed by atoms with Crippen LogP contribution in [0.1, 0.15) is 18.5 Å². The zero-order chi connectivity index (χ0) is 14.8. The summed E-state index contributed by atoms with van der Waals surface area (Å²) in [7, 11) is -3.80. The van der Waals surface area contributed by atoms with Crippen molar-refractivity contribution in [2.75, 3.05) is 5.73 Å². The van der Waals surface area contributed by atoms with Crippen LogP contribution in [0.2, 0.25) is 0 Å². The van der Waals surface area contributed by atoms with E-state index in [2.05, 4.69) is 4.72 Å². The lowest BCUT2D eigenvalue weighted by Crippen LogP contribution is -2.27. The minimum absolute atomic E-state index is 0.113. The molecule has 0 saturated carbocycles.